The van der Waals surface area contributed by atoms with Gasteiger partial charge < -0.3 is 5.32 Å². The van der Waals surface area contributed by atoms with Crippen LogP contribution in [0.2, 0.25) is 0 Å². The molecule has 1 aromatic rings. The Kier molecular flexibility index (Phi) is 4.53. The van der Waals surface area contributed by atoms with Crippen LogP contribution in [0.3, 0.4) is 0 Å². The van der Waals surface area contributed by atoms with E-state index in [0.29, 0.717) is 0 Å². The summed E-state index contributed by atoms with van der Waals surface area (Å²) in [5, 5.41) is 2.38. The minimum Gasteiger partial charge on any atom is -0.351 e. The predicted molar refractivity (Wildman–Crippen MR) is 59.4 cm³/mol. The first-order valence-electron chi connectivity index (χ1n) is 4.72. The lowest BCUT2D eigenvalue weighted by Crippen LogP contribution is -2.34. The third kappa shape index (κ3) is 4.87. The first-order chi connectivity index (χ1) is 7.90. The van der Waals surface area contributed by atoms with Crippen molar-refractivity contribution in [1.29, 1.82) is 0 Å². The molecule has 0 radical (unpaired) electrons. The molecule has 1 aromatic heterocycles. The molecule has 1 amide bonds. The van der Waals surface area contributed by atoms with Crippen LogP contribution >= 0.6 is 0 Å². The van der Waals surface area contributed by atoms with E-state index in [9.17, 15) is 17.6 Å². The molecule has 0 aliphatic heterocycles. The lowest BCUT2D eigenvalue weighted by atomic mass is 10.2. The van der Waals surface area contributed by atoms with Crippen LogP contribution in [0, 0.1) is 5.82 Å². The average molecular weight is 261 g/mol. The van der Waals surface area contributed by atoms with Crippen molar-refractivity contribution >= 4 is 15.9 Å². The fraction of sp³-hybridized carbons (Fsp3) is 0.333. The van der Waals surface area contributed by atoms with Gasteiger partial charge in [-0.05, 0) is 6.07 Å². The van der Waals surface area contributed by atoms with Crippen molar-refractivity contribution in [2.24, 2.45) is 0 Å². The average Bonchev–Trinajstić information content (AvgIpc) is 2.23. The van der Waals surface area contributed by atoms with Crippen LogP contribution < -0.4 is 10.0 Å². The quantitative estimate of drug-likeness (QED) is 0.699. The molecule has 0 fully saturated rings. The largest absolute Gasteiger partial charge is 0.351 e. The molecule has 0 aliphatic rings. The molecule has 0 aromatic carbocycles. The minimum atomic E-state index is -3.28. The Morgan fingerprint density at radius 1 is 1.47 bits per heavy atom. The Morgan fingerprint density at radius 3 is 2.76 bits per heavy atom. The van der Waals surface area contributed by atoms with Gasteiger partial charge in [0.25, 0.3) is 5.91 Å². The molecular weight excluding hydrogens is 249 g/mol. The molecule has 0 atom stereocenters. The van der Waals surface area contributed by atoms with Gasteiger partial charge >= 0.3 is 0 Å². The van der Waals surface area contributed by atoms with Crippen LogP contribution in [0.15, 0.2) is 18.5 Å². The third-order valence-corrected chi connectivity index (χ3v) is 2.52. The number of nitrogens with zero attached hydrogens (tertiary/aromatic N) is 1. The van der Waals surface area contributed by atoms with E-state index in [0.717, 1.165) is 12.5 Å². The molecule has 17 heavy (non-hydrogen) atoms. The second-order valence-corrected chi connectivity index (χ2v) is 5.11. The van der Waals surface area contributed by atoms with Crippen LogP contribution in [0.25, 0.3) is 0 Å². The number of hydrogen-bond acceptors (Lipinski definition) is 4. The highest BCUT2D eigenvalue weighted by Gasteiger charge is 2.10. The molecule has 8 heteroatoms. The van der Waals surface area contributed by atoms with Crippen LogP contribution in [-0.4, -0.2) is 38.7 Å². The number of pyridine rings is 1. The van der Waals surface area contributed by atoms with Gasteiger partial charge in [0.2, 0.25) is 10.0 Å². The van der Waals surface area contributed by atoms with E-state index in [-0.39, 0.29) is 18.7 Å². The van der Waals surface area contributed by atoms with Gasteiger partial charge in [-0.25, -0.2) is 17.5 Å². The molecule has 0 unspecified atom stereocenters. The normalized spacial score (nSPS) is 11.2. The van der Waals surface area contributed by atoms with Crippen molar-refractivity contribution in [3.63, 3.8) is 0 Å². The van der Waals surface area contributed by atoms with Gasteiger partial charge in [-0.15, -0.1) is 0 Å². The topological polar surface area (TPSA) is 88.2 Å². The highest BCUT2D eigenvalue weighted by molar-refractivity contribution is 7.88. The summed E-state index contributed by atoms with van der Waals surface area (Å²) < 4.78 is 36.7. The number of halogens is 1. The smallest absolute Gasteiger partial charge is 0.254 e. The van der Waals surface area contributed by atoms with E-state index in [1.165, 1.54) is 12.3 Å². The zero-order valence-corrected chi connectivity index (χ0v) is 9.92. The standard InChI is InChI=1S/C9H12FN3O3S/c1-17(15,16)13-5-4-12-9(14)7-2-3-11-6-8(7)10/h2-3,6,13H,4-5H2,1H3,(H,12,14). The zero-order valence-electron chi connectivity index (χ0n) is 9.10. The van der Waals surface area contributed by atoms with Crippen LogP contribution in [-0.2, 0) is 10.0 Å². The molecule has 2 N–H and O–H groups in total. The van der Waals surface area contributed by atoms with E-state index >= 15 is 0 Å². The summed E-state index contributed by atoms with van der Waals surface area (Å²) in [6, 6.07) is 1.24. The summed E-state index contributed by atoms with van der Waals surface area (Å²) in [4.78, 5) is 14.9. The molecule has 6 nitrogen and oxygen atoms in total. The molecule has 0 aliphatic carbocycles. The first kappa shape index (κ1) is 13.5. The van der Waals surface area contributed by atoms with Gasteiger partial charge in [-0.3, -0.25) is 9.78 Å². The monoisotopic (exact) mass is 261 g/mol. The highest BCUT2D eigenvalue weighted by Crippen LogP contribution is 2.03. The van der Waals surface area contributed by atoms with Gasteiger partial charge in [0.15, 0.2) is 5.82 Å². The summed E-state index contributed by atoms with van der Waals surface area (Å²) in [6.45, 7) is 0.130. The van der Waals surface area contributed by atoms with Crippen molar-refractivity contribution in [3.05, 3.63) is 29.8 Å². The summed E-state index contributed by atoms with van der Waals surface area (Å²) >= 11 is 0. The van der Waals surface area contributed by atoms with Crippen molar-refractivity contribution in [1.82, 2.24) is 15.0 Å². The van der Waals surface area contributed by atoms with Crippen molar-refractivity contribution < 1.29 is 17.6 Å². The second kappa shape index (κ2) is 5.69. The maximum Gasteiger partial charge on any atom is 0.254 e. The third-order valence-electron chi connectivity index (χ3n) is 1.79. The van der Waals surface area contributed by atoms with Gasteiger partial charge in [-0.1, -0.05) is 0 Å². The molecule has 1 heterocycles. The lowest BCUT2D eigenvalue weighted by Gasteiger charge is -2.05. The Balaban J connectivity index is 2.44. The maximum atomic E-state index is 13.1. The highest BCUT2D eigenvalue weighted by atomic mass is 32.2. The minimum absolute atomic E-state index is 0.0529. The number of aromatic nitrogens is 1. The fourth-order valence-electron chi connectivity index (χ4n) is 1.07. The number of hydrogen-bond donors (Lipinski definition) is 2. The molecular formula is C9H12FN3O3S. The van der Waals surface area contributed by atoms with E-state index in [1.807, 2.05) is 0 Å². The summed E-state index contributed by atoms with van der Waals surface area (Å²) in [7, 11) is -3.28. The van der Waals surface area contributed by atoms with E-state index in [4.69, 9.17) is 0 Å². The lowest BCUT2D eigenvalue weighted by molar-refractivity contribution is 0.0950. The summed E-state index contributed by atoms with van der Waals surface area (Å²) in [6.07, 6.45) is 3.24. The SMILES string of the molecule is CS(=O)(=O)NCCNC(=O)c1ccncc1F. The Hall–Kier alpha value is -1.54. The number of carbonyl (C=O) groups excluding carboxylic acids is 1. The Morgan fingerprint density at radius 2 is 2.18 bits per heavy atom. The van der Waals surface area contributed by atoms with Crippen LogP contribution in [0.1, 0.15) is 10.4 Å². The number of nitrogens with one attached hydrogen (secondary N) is 2. The molecule has 0 saturated carbocycles. The number of rotatable bonds is 5. The molecule has 0 spiro atoms. The zero-order chi connectivity index (χ0) is 12.9. The van der Waals surface area contributed by atoms with Gasteiger partial charge in [-0.2, -0.15) is 0 Å². The number of sulfonamides is 1. The van der Waals surface area contributed by atoms with Crippen molar-refractivity contribution in [2.75, 3.05) is 19.3 Å². The van der Waals surface area contributed by atoms with E-state index in [1.54, 1.807) is 0 Å². The van der Waals surface area contributed by atoms with Crippen molar-refractivity contribution in [2.45, 2.75) is 0 Å². The second-order valence-electron chi connectivity index (χ2n) is 3.28. The number of amides is 1. The van der Waals surface area contributed by atoms with Crippen LogP contribution in [0.4, 0.5) is 4.39 Å². The molecule has 94 valence electrons. The van der Waals surface area contributed by atoms with E-state index < -0.39 is 21.7 Å². The van der Waals surface area contributed by atoms with Gasteiger partial charge in [0, 0.05) is 19.3 Å². The van der Waals surface area contributed by atoms with Gasteiger partial charge in [0.1, 0.15) is 0 Å². The summed E-state index contributed by atoms with van der Waals surface area (Å²) in [5.41, 5.74) is -0.126. The Labute approximate surface area is 98.3 Å². The first-order valence-corrected chi connectivity index (χ1v) is 6.61. The molecule has 0 saturated heterocycles. The van der Waals surface area contributed by atoms with Crippen LogP contribution in [0.5, 0.6) is 0 Å². The molecule has 0 bridgehead atoms. The molecule has 1 rings (SSSR count). The number of carbonyl (C=O) groups is 1. The fourth-order valence-corrected chi connectivity index (χ4v) is 1.54. The van der Waals surface area contributed by atoms with E-state index in [2.05, 4.69) is 15.0 Å². The van der Waals surface area contributed by atoms with Crippen molar-refractivity contribution in [3.8, 4) is 0 Å². The maximum absolute atomic E-state index is 13.1. The predicted octanol–water partition coefficient (Wildman–Crippen LogP) is -0.500. The summed E-state index contributed by atoms with van der Waals surface area (Å²) in [5.74, 6) is -1.33. The Bertz CT molecular complexity index is 504. The van der Waals surface area contributed by atoms with Gasteiger partial charge in [0.05, 0.1) is 18.0 Å².